The van der Waals surface area contributed by atoms with Crippen LogP contribution in [0.15, 0.2) is 41.4 Å². The fourth-order valence-electron chi connectivity index (χ4n) is 2.53. The highest BCUT2D eigenvalue weighted by Gasteiger charge is 2.18. The molecule has 164 valence electrons. The number of aryl methyl sites for hydroxylation is 2. The van der Waals surface area contributed by atoms with Crippen LogP contribution >= 0.6 is 11.6 Å². The molecule has 0 saturated heterocycles. The largest absolute Gasteiger partial charge is 0.444 e. The van der Waals surface area contributed by atoms with Crippen LogP contribution in [0.2, 0.25) is 5.02 Å². The highest BCUT2D eigenvalue weighted by Crippen LogP contribution is 2.20. The topological polar surface area (TPSA) is 94.6 Å². The average Bonchev–Trinajstić information content (AvgIpc) is 2.64. The normalized spacial score (nSPS) is 11.9. The minimum absolute atomic E-state index is 0.0891. The lowest BCUT2D eigenvalue weighted by Gasteiger charge is -2.19. The van der Waals surface area contributed by atoms with Crippen molar-refractivity contribution in [3.8, 4) is 0 Å². The van der Waals surface area contributed by atoms with Gasteiger partial charge in [0.1, 0.15) is 5.60 Å². The Balaban J connectivity index is 1.96. The van der Waals surface area contributed by atoms with Crippen molar-refractivity contribution in [3.05, 3.63) is 58.4 Å². The first-order valence-electron chi connectivity index (χ1n) is 9.52. The maximum absolute atomic E-state index is 12.4. The summed E-state index contributed by atoms with van der Waals surface area (Å²) in [5.74, 6) is 0. The molecule has 0 spiro atoms. The number of benzene rings is 1. The van der Waals surface area contributed by atoms with Gasteiger partial charge >= 0.3 is 6.09 Å². The van der Waals surface area contributed by atoms with Crippen LogP contribution in [0.3, 0.4) is 0 Å². The van der Waals surface area contributed by atoms with E-state index in [1.807, 2.05) is 6.92 Å². The van der Waals surface area contributed by atoms with Crippen LogP contribution in [0.5, 0.6) is 0 Å². The van der Waals surface area contributed by atoms with E-state index >= 15 is 0 Å². The van der Waals surface area contributed by atoms with E-state index in [2.05, 4.69) is 10.3 Å². The molecule has 0 aliphatic carbocycles. The van der Waals surface area contributed by atoms with Gasteiger partial charge < -0.3 is 10.1 Å². The quantitative estimate of drug-likeness (QED) is 0.469. The second-order valence-electron chi connectivity index (χ2n) is 7.82. The van der Waals surface area contributed by atoms with Gasteiger partial charge in [0, 0.05) is 24.0 Å². The van der Waals surface area contributed by atoms with Crippen molar-refractivity contribution in [3.63, 3.8) is 0 Å². The predicted molar refractivity (Wildman–Crippen MR) is 115 cm³/mol. The van der Waals surface area contributed by atoms with Crippen molar-refractivity contribution in [2.75, 3.05) is 6.54 Å². The Bertz CT molecular complexity index is 970. The molecule has 0 aliphatic heterocycles. The molecule has 0 bridgehead atoms. The monoisotopic (exact) mass is 454 g/mol. The zero-order chi connectivity index (χ0) is 22.4. The number of alkyl carbamates (subject to hydrolysis) is 1. The van der Waals surface area contributed by atoms with Crippen molar-refractivity contribution in [1.82, 2.24) is 10.3 Å². The minimum atomic E-state index is -3.90. The van der Waals surface area contributed by atoms with Gasteiger partial charge in [-0.15, -0.1) is 0 Å². The number of hydrogen-bond acceptors (Lipinski definition) is 6. The molecule has 0 radical (unpaired) electrons. The molecule has 0 aliphatic rings. The molecular weight excluding hydrogens is 428 g/mol. The van der Waals surface area contributed by atoms with Gasteiger partial charge in [-0.2, -0.15) is 8.42 Å². The van der Waals surface area contributed by atoms with Gasteiger partial charge in [0.2, 0.25) is 0 Å². The van der Waals surface area contributed by atoms with Gasteiger partial charge in [-0.25, -0.2) is 4.79 Å². The summed E-state index contributed by atoms with van der Waals surface area (Å²) in [6.45, 7) is 7.46. The Labute approximate surface area is 182 Å². The molecule has 0 fully saturated rings. The Hall–Kier alpha value is -2.16. The number of amides is 1. The van der Waals surface area contributed by atoms with E-state index in [9.17, 15) is 13.2 Å². The molecule has 2 rings (SSSR count). The minimum Gasteiger partial charge on any atom is -0.444 e. The Morgan fingerprint density at radius 2 is 1.87 bits per heavy atom. The number of ether oxygens (including phenoxy) is 1. The number of carbonyl (C=O) groups excluding carboxylic acids is 1. The fraction of sp³-hybridized carbons (Fsp3) is 0.429. The van der Waals surface area contributed by atoms with Crippen LogP contribution in [0, 0.1) is 6.92 Å². The fourth-order valence-corrected chi connectivity index (χ4v) is 3.60. The number of hydrogen-bond donors (Lipinski definition) is 1. The van der Waals surface area contributed by atoms with Crippen LogP contribution in [0.25, 0.3) is 0 Å². The molecule has 1 aromatic carbocycles. The third-order valence-corrected chi connectivity index (χ3v) is 5.45. The molecule has 1 N–H and O–H groups in total. The van der Waals surface area contributed by atoms with E-state index < -0.39 is 21.8 Å². The molecule has 0 unspecified atom stereocenters. The van der Waals surface area contributed by atoms with Crippen molar-refractivity contribution in [2.24, 2.45) is 0 Å². The first kappa shape index (κ1) is 24.1. The smallest absolute Gasteiger partial charge is 0.407 e. The van der Waals surface area contributed by atoms with E-state index in [1.54, 1.807) is 39.0 Å². The summed E-state index contributed by atoms with van der Waals surface area (Å²) in [6.07, 6.45) is 2.11. The first-order chi connectivity index (χ1) is 14.0. The molecule has 2 aromatic rings. The second kappa shape index (κ2) is 10.2. The Morgan fingerprint density at radius 3 is 2.50 bits per heavy atom. The standard InChI is InChI=1S/C21H27ClN2O5S/c1-15-7-9-18(10-8-15)30(26,27)28-14-16-12-17(22)13-24-19(16)6-5-11-23-20(25)29-21(2,3)4/h7-10,12-13H,5-6,11,14H2,1-4H3,(H,23,25). The number of rotatable bonds is 8. The summed E-state index contributed by atoms with van der Waals surface area (Å²) in [7, 11) is -3.90. The summed E-state index contributed by atoms with van der Waals surface area (Å²) >= 11 is 6.02. The number of aromatic nitrogens is 1. The summed E-state index contributed by atoms with van der Waals surface area (Å²) in [6, 6.07) is 8.06. The second-order valence-corrected chi connectivity index (χ2v) is 9.87. The Morgan fingerprint density at radius 1 is 1.20 bits per heavy atom. The zero-order valence-corrected chi connectivity index (χ0v) is 19.1. The van der Waals surface area contributed by atoms with E-state index in [0.29, 0.717) is 35.7 Å². The van der Waals surface area contributed by atoms with E-state index in [1.165, 1.54) is 18.3 Å². The highest BCUT2D eigenvalue weighted by molar-refractivity contribution is 7.86. The van der Waals surface area contributed by atoms with E-state index in [-0.39, 0.29) is 11.5 Å². The van der Waals surface area contributed by atoms with Crippen LogP contribution in [0.1, 0.15) is 44.0 Å². The zero-order valence-electron chi connectivity index (χ0n) is 17.6. The maximum Gasteiger partial charge on any atom is 0.407 e. The number of nitrogens with zero attached hydrogens (tertiary/aromatic N) is 1. The lowest BCUT2D eigenvalue weighted by molar-refractivity contribution is 0.0527. The van der Waals surface area contributed by atoms with Crippen LogP contribution in [-0.2, 0) is 32.1 Å². The van der Waals surface area contributed by atoms with E-state index in [0.717, 1.165) is 5.56 Å². The van der Waals surface area contributed by atoms with Crippen molar-refractivity contribution in [1.29, 1.82) is 0 Å². The number of halogens is 1. The van der Waals surface area contributed by atoms with Crippen LogP contribution in [0.4, 0.5) is 4.79 Å². The summed E-state index contributed by atoms with van der Waals surface area (Å²) in [4.78, 5) is 16.1. The predicted octanol–water partition coefficient (Wildman–Crippen LogP) is 4.41. The highest BCUT2D eigenvalue weighted by atomic mass is 35.5. The Kier molecular flexibility index (Phi) is 8.23. The van der Waals surface area contributed by atoms with Gasteiger partial charge in [-0.05, 0) is 58.7 Å². The molecule has 30 heavy (non-hydrogen) atoms. The van der Waals surface area contributed by atoms with Gasteiger partial charge in [0.25, 0.3) is 10.1 Å². The summed E-state index contributed by atoms with van der Waals surface area (Å²) in [5, 5.41) is 3.07. The molecule has 0 saturated carbocycles. The SMILES string of the molecule is Cc1ccc(S(=O)(=O)OCc2cc(Cl)cnc2CCCNC(=O)OC(C)(C)C)cc1. The molecular formula is C21H27ClN2O5S. The van der Waals surface area contributed by atoms with Crippen molar-refractivity contribution < 1.29 is 22.1 Å². The average molecular weight is 455 g/mol. The number of nitrogens with one attached hydrogen (secondary N) is 1. The molecule has 0 atom stereocenters. The van der Waals surface area contributed by atoms with Crippen molar-refractivity contribution in [2.45, 2.75) is 57.6 Å². The van der Waals surface area contributed by atoms with Gasteiger partial charge in [0.05, 0.1) is 16.5 Å². The lowest BCUT2D eigenvalue weighted by Crippen LogP contribution is -2.33. The van der Waals surface area contributed by atoms with E-state index in [4.69, 9.17) is 20.5 Å². The molecule has 9 heteroatoms. The van der Waals surface area contributed by atoms with Gasteiger partial charge in [0.15, 0.2) is 0 Å². The third kappa shape index (κ3) is 7.93. The first-order valence-corrected chi connectivity index (χ1v) is 11.3. The molecule has 7 nitrogen and oxygen atoms in total. The molecule has 1 heterocycles. The number of pyridine rings is 1. The van der Waals surface area contributed by atoms with Crippen LogP contribution < -0.4 is 5.32 Å². The molecule has 1 aromatic heterocycles. The number of carbonyl (C=O) groups is 1. The van der Waals surface area contributed by atoms with Crippen LogP contribution in [-0.4, -0.2) is 31.6 Å². The summed E-state index contributed by atoms with van der Waals surface area (Å²) in [5.41, 5.74) is 1.63. The molecule has 1 amide bonds. The van der Waals surface area contributed by atoms with Gasteiger partial charge in [-0.3, -0.25) is 9.17 Å². The lowest BCUT2D eigenvalue weighted by atomic mass is 10.1. The third-order valence-electron chi connectivity index (χ3n) is 3.96. The summed E-state index contributed by atoms with van der Waals surface area (Å²) < 4.78 is 35.3. The van der Waals surface area contributed by atoms with Gasteiger partial charge in [-0.1, -0.05) is 29.3 Å². The van der Waals surface area contributed by atoms with Crippen molar-refractivity contribution >= 4 is 27.8 Å². The maximum atomic E-state index is 12.4.